The number of nitrogens with zero attached hydrogens (tertiary/aromatic N) is 1. The molecule has 0 radical (unpaired) electrons. The predicted octanol–water partition coefficient (Wildman–Crippen LogP) is 3.98. The summed E-state index contributed by atoms with van der Waals surface area (Å²) in [5.41, 5.74) is 2.20. The monoisotopic (exact) mass is 363 g/mol. The molecule has 0 aromatic heterocycles. The third kappa shape index (κ3) is 4.04. The smallest absolute Gasteiger partial charge is 0.406 e. The number of hydrogen-bond donors (Lipinski definition) is 0. The number of ketones is 1. The maximum atomic E-state index is 12.5. The summed E-state index contributed by atoms with van der Waals surface area (Å²) < 4.78 is 40.5. The number of aryl methyl sites for hydroxylation is 1. The Bertz CT molecular complexity index is 813. The van der Waals surface area contributed by atoms with Gasteiger partial charge in [-0.05, 0) is 36.8 Å². The fourth-order valence-electron chi connectivity index (χ4n) is 2.92. The minimum Gasteiger partial charge on any atom is -0.406 e. The van der Waals surface area contributed by atoms with Crippen LogP contribution in [-0.2, 0) is 9.59 Å². The second-order valence-corrected chi connectivity index (χ2v) is 6.16. The standard InChI is InChI=1S/C19H16F3NO3/c1-12-2-6-14(7-3-12)23-11-17(24)16(10-18(23)25)13-4-8-15(9-5-13)26-19(20,21)22/h2-9,16H,10-11H2,1H3. The molecule has 1 fully saturated rings. The predicted molar refractivity (Wildman–Crippen MR) is 89.0 cm³/mol. The Morgan fingerprint density at radius 3 is 2.19 bits per heavy atom. The van der Waals surface area contributed by atoms with Gasteiger partial charge in [0.1, 0.15) is 5.75 Å². The van der Waals surface area contributed by atoms with Gasteiger partial charge < -0.3 is 9.64 Å². The molecule has 1 atom stereocenters. The van der Waals surface area contributed by atoms with E-state index in [2.05, 4.69) is 4.74 Å². The molecule has 1 unspecified atom stereocenters. The molecule has 0 aliphatic carbocycles. The number of carbonyl (C=O) groups is 2. The molecule has 4 nitrogen and oxygen atoms in total. The minimum atomic E-state index is -4.77. The zero-order valence-electron chi connectivity index (χ0n) is 13.9. The first-order chi connectivity index (χ1) is 12.2. The van der Waals surface area contributed by atoms with Gasteiger partial charge in [0.05, 0.1) is 12.5 Å². The number of amides is 1. The van der Waals surface area contributed by atoms with Crippen LogP contribution in [0.1, 0.15) is 23.5 Å². The Balaban J connectivity index is 1.74. The maximum absolute atomic E-state index is 12.5. The lowest BCUT2D eigenvalue weighted by atomic mass is 9.87. The normalized spacial score (nSPS) is 18.2. The van der Waals surface area contributed by atoms with Gasteiger partial charge in [-0.1, -0.05) is 29.8 Å². The van der Waals surface area contributed by atoms with Gasteiger partial charge in [0.2, 0.25) is 5.91 Å². The Labute approximate surface area is 148 Å². The summed E-state index contributed by atoms with van der Waals surface area (Å²) in [6.45, 7) is 1.86. The summed E-state index contributed by atoms with van der Waals surface area (Å²) in [4.78, 5) is 26.4. The minimum absolute atomic E-state index is 0.0216. The zero-order valence-corrected chi connectivity index (χ0v) is 13.9. The van der Waals surface area contributed by atoms with E-state index in [-0.39, 0.29) is 30.4 Å². The summed E-state index contributed by atoms with van der Waals surface area (Å²) in [5, 5.41) is 0. The number of rotatable bonds is 3. The van der Waals surface area contributed by atoms with Crippen molar-refractivity contribution in [1.29, 1.82) is 0 Å². The van der Waals surface area contributed by atoms with E-state index in [1.165, 1.54) is 17.0 Å². The van der Waals surface area contributed by atoms with Crippen LogP contribution in [0.2, 0.25) is 0 Å². The zero-order chi connectivity index (χ0) is 18.9. The second kappa shape index (κ2) is 6.82. The van der Waals surface area contributed by atoms with E-state index >= 15 is 0 Å². The molecule has 1 amide bonds. The Morgan fingerprint density at radius 2 is 1.62 bits per heavy atom. The van der Waals surface area contributed by atoms with Crippen LogP contribution in [0.15, 0.2) is 48.5 Å². The molecule has 1 aliphatic rings. The molecule has 0 spiro atoms. The molecule has 1 heterocycles. The van der Waals surface area contributed by atoms with E-state index in [0.717, 1.165) is 17.7 Å². The third-order valence-electron chi connectivity index (χ3n) is 4.24. The second-order valence-electron chi connectivity index (χ2n) is 6.16. The van der Waals surface area contributed by atoms with Crippen LogP contribution in [0.25, 0.3) is 0 Å². The highest BCUT2D eigenvalue weighted by Crippen LogP contribution is 2.31. The lowest BCUT2D eigenvalue weighted by Crippen LogP contribution is -2.44. The molecule has 2 aromatic rings. The molecule has 0 saturated carbocycles. The van der Waals surface area contributed by atoms with Crippen molar-refractivity contribution in [2.45, 2.75) is 25.6 Å². The van der Waals surface area contributed by atoms with Gasteiger partial charge in [-0.2, -0.15) is 0 Å². The van der Waals surface area contributed by atoms with Crippen molar-refractivity contribution >= 4 is 17.4 Å². The van der Waals surface area contributed by atoms with Crippen molar-refractivity contribution < 1.29 is 27.5 Å². The highest BCUT2D eigenvalue weighted by molar-refractivity contribution is 6.07. The average molecular weight is 363 g/mol. The molecule has 0 N–H and O–H groups in total. The number of Topliss-reactive ketones (excluding diaryl/α,β-unsaturated/α-hetero) is 1. The van der Waals surface area contributed by atoms with Crippen LogP contribution in [0.4, 0.5) is 18.9 Å². The van der Waals surface area contributed by atoms with Crippen molar-refractivity contribution in [2.24, 2.45) is 0 Å². The van der Waals surface area contributed by atoms with Crippen LogP contribution < -0.4 is 9.64 Å². The molecule has 136 valence electrons. The topological polar surface area (TPSA) is 46.6 Å². The van der Waals surface area contributed by atoms with Crippen LogP contribution in [0.3, 0.4) is 0 Å². The largest absolute Gasteiger partial charge is 0.573 e. The Hall–Kier alpha value is -2.83. The van der Waals surface area contributed by atoms with Gasteiger partial charge in [-0.3, -0.25) is 9.59 Å². The highest BCUT2D eigenvalue weighted by atomic mass is 19.4. The van der Waals surface area contributed by atoms with Gasteiger partial charge in [0.15, 0.2) is 5.78 Å². The fourth-order valence-corrected chi connectivity index (χ4v) is 2.92. The van der Waals surface area contributed by atoms with E-state index in [9.17, 15) is 22.8 Å². The Kier molecular flexibility index (Phi) is 4.71. The SMILES string of the molecule is Cc1ccc(N2CC(=O)C(c3ccc(OC(F)(F)F)cc3)CC2=O)cc1. The summed E-state index contributed by atoms with van der Waals surface area (Å²) in [6.07, 6.45) is -4.79. The van der Waals surface area contributed by atoms with Gasteiger partial charge in [-0.25, -0.2) is 0 Å². The van der Waals surface area contributed by atoms with Gasteiger partial charge in [0, 0.05) is 12.1 Å². The van der Waals surface area contributed by atoms with E-state index in [0.29, 0.717) is 11.3 Å². The first-order valence-corrected chi connectivity index (χ1v) is 7.98. The first kappa shape index (κ1) is 18.0. The first-order valence-electron chi connectivity index (χ1n) is 7.98. The molecule has 7 heteroatoms. The van der Waals surface area contributed by atoms with Gasteiger partial charge in [-0.15, -0.1) is 13.2 Å². The number of piperidine rings is 1. The van der Waals surface area contributed by atoms with Gasteiger partial charge in [0.25, 0.3) is 0 Å². The van der Waals surface area contributed by atoms with Crippen molar-refractivity contribution in [1.82, 2.24) is 0 Å². The third-order valence-corrected chi connectivity index (χ3v) is 4.24. The molecule has 26 heavy (non-hydrogen) atoms. The van der Waals surface area contributed by atoms with E-state index in [1.54, 1.807) is 12.1 Å². The lowest BCUT2D eigenvalue weighted by Gasteiger charge is -2.31. The molecule has 3 rings (SSSR count). The van der Waals surface area contributed by atoms with Crippen molar-refractivity contribution in [2.75, 3.05) is 11.4 Å². The maximum Gasteiger partial charge on any atom is 0.573 e. The van der Waals surface area contributed by atoms with Crippen LogP contribution in [0, 0.1) is 6.92 Å². The summed E-state index contributed by atoms with van der Waals surface area (Å²) in [7, 11) is 0. The summed E-state index contributed by atoms with van der Waals surface area (Å²) in [5.74, 6) is -1.38. The average Bonchev–Trinajstić information content (AvgIpc) is 2.57. The summed E-state index contributed by atoms with van der Waals surface area (Å²) in [6, 6.07) is 12.3. The van der Waals surface area contributed by atoms with E-state index < -0.39 is 12.3 Å². The van der Waals surface area contributed by atoms with Crippen molar-refractivity contribution in [3.8, 4) is 5.75 Å². The fraction of sp³-hybridized carbons (Fsp3) is 0.263. The number of carbonyl (C=O) groups excluding carboxylic acids is 2. The highest BCUT2D eigenvalue weighted by Gasteiger charge is 2.35. The number of ether oxygens (including phenoxy) is 1. The molecule has 1 saturated heterocycles. The number of alkyl halides is 3. The molecule has 0 bridgehead atoms. The van der Waals surface area contributed by atoms with Crippen LogP contribution in [-0.4, -0.2) is 24.6 Å². The summed E-state index contributed by atoms with van der Waals surface area (Å²) >= 11 is 0. The van der Waals surface area contributed by atoms with Gasteiger partial charge >= 0.3 is 6.36 Å². The van der Waals surface area contributed by atoms with Crippen LogP contribution >= 0.6 is 0 Å². The molecule has 1 aliphatic heterocycles. The van der Waals surface area contributed by atoms with E-state index in [4.69, 9.17) is 0 Å². The van der Waals surface area contributed by atoms with Crippen molar-refractivity contribution in [3.63, 3.8) is 0 Å². The molecular weight excluding hydrogens is 347 g/mol. The van der Waals surface area contributed by atoms with E-state index in [1.807, 2.05) is 19.1 Å². The van der Waals surface area contributed by atoms with Crippen molar-refractivity contribution in [3.05, 3.63) is 59.7 Å². The van der Waals surface area contributed by atoms with Crippen LogP contribution in [0.5, 0.6) is 5.75 Å². The Morgan fingerprint density at radius 1 is 1.00 bits per heavy atom. The lowest BCUT2D eigenvalue weighted by molar-refractivity contribution is -0.274. The molecular formula is C19H16F3NO3. The number of halogens is 3. The number of anilines is 1. The quantitative estimate of drug-likeness (QED) is 0.829. The molecule has 2 aromatic carbocycles. The number of hydrogen-bond acceptors (Lipinski definition) is 3. The number of benzene rings is 2.